The molecule has 0 saturated carbocycles. The molecule has 4 amide bonds. The third kappa shape index (κ3) is 8.42. The normalized spacial score (nSPS) is 16.8. The van der Waals surface area contributed by atoms with Crippen molar-refractivity contribution >= 4 is 93.5 Å². The number of β-lactam (4-membered cyclic amide) rings is 1. The van der Waals surface area contributed by atoms with Gasteiger partial charge in [-0.15, -0.1) is 52.4 Å². The summed E-state index contributed by atoms with van der Waals surface area (Å²) in [7, 11) is 0. The number of carboxylic acid groups (broad SMARTS) is 1. The summed E-state index contributed by atoms with van der Waals surface area (Å²) in [5.74, 6) is -4.86. The summed E-state index contributed by atoms with van der Waals surface area (Å²) in [5, 5.41) is 50.7. The summed E-state index contributed by atoms with van der Waals surface area (Å²) in [6.45, 7) is 3.94. The van der Waals surface area contributed by atoms with Crippen LogP contribution >= 0.6 is 47.3 Å². The number of aromatic nitrogens is 5. The zero-order valence-electron chi connectivity index (χ0n) is 29.2. The molecule has 6 rings (SSSR count). The molecule has 0 radical (unpaired) electrons. The number of thioether (sulfide) groups is 2. The van der Waals surface area contributed by atoms with Crippen LogP contribution in [-0.4, -0.2) is 114 Å². The van der Waals surface area contributed by atoms with Crippen LogP contribution in [0.15, 0.2) is 51.1 Å². The van der Waals surface area contributed by atoms with Crippen molar-refractivity contribution in [3.05, 3.63) is 63.7 Å². The molecule has 1 aromatic carbocycles. The van der Waals surface area contributed by atoms with Crippen LogP contribution in [0.3, 0.4) is 0 Å². The lowest BCUT2D eigenvalue weighted by atomic mass is 10.0. The minimum atomic E-state index is -1.81. The van der Waals surface area contributed by atoms with E-state index in [1.165, 1.54) is 53.3 Å². The largest absolute Gasteiger partial charge is 0.504 e. The van der Waals surface area contributed by atoms with Gasteiger partial charge in [-0.3, -0.25) is 34.9 Å². The van der Waals surface area contributed by atoms with E-state index in [1.54, 1.807) is 13.0 Å². The predicted octanol–water partition coefficient (Wildman–Crippen LogP) is 0.288. The number of thiazole rings is 1. The highest BCUT2D eigenvalue weighted by atomic mass is 35.5. The summed E-state index contributed by atoms with van der Waals surface area (Å²) in [6, 6.07) is 3.85. The molecule has 3 aromatic heterocycles. The van der Waals surface area contributed by atoms with E-state index in [1.807, 2.05) is 0 Å². The molecule has 9 N–H and O–H groups in total. The molecule has 56 heavy (non-hydrogen) atoms. The maximum Gasteiger partial charge on any atom is 0.352 e. The van der Waals surface area contributed by atoms with Crippen LogP contribution in [-0.2, 0) is 30.6 Å². The minimum absolute atomic E-state index is 0. The quantitative estimate of drug-likeness (QED) is 0.0237. The number of phenols is 2. The summed E-state index contributed by atoms with van der Waals surface area (Å²) in [4.78, 5) is 84.1. The number of phenolic OH excluding ortho intramolecular Hbond substituents is 2. The number of nitrogens with zero attached hydrogens (tertiary/aromatic N) is 7. The second-order valence-electron chi connectivity index (χ2n) is 12.3. The molecular weight excluding hydrogens is 818 g/mol. The molecule has 2 atom stereocenters. The van der Waals surface area contributed by atoms with Crippen molar-refractivity contribution in [2.24, 2.45) is 5.16 Å². The van der Waals surface area contributed by atoms with Crippen LogP contribution in [0.25, 0.3) is 5.78 Å². The van der Waals surface area contributed by atoms with Crippen molar-refractivity contribution in [1.82, 2.24) is 45.6 Å². The second-order valence-corrected chi connectivity index (χ2v) is 15.3. The summed E-state index contributed by atoms with van der Waals surface area (Å²) in [6.07, 6.45) is 0. The first-order valence-electron chi connectivity index (χ1n) is 15.9. The fourth-order valence-electron chi connectivity index (χ4n) is 5.13. The number of fused-ring (bicyclic) bond motifs is 2. The van der Waals surface area contributed by atoms with Crippen molar-refractivity contribution < 1.29 is 49.2 Å². The summed E-state index contributed by atoms with van der Waals surface area (Å²) >= 11 is 3.48. The van der Waals surface area contributed by atoms with E-state index >= 15 is 0 Å². The first kappa shape index (κ1) is 41.5. The summed E-state index contributed by atoms with van der Waals surface area (Å²) in [5.41, 5.74) is 8.56. The highest BCUT2D eigenvalue weighted by molar-refractivity contribution is 8.01. The van der Waals surface area contributed by atoms with Gasteiger partial charge in [0.25, 0.3) is 29.4 Å². The number of halogens is 1. The van der Waals surface area contributed by atoms with Crippen LogP contribution < -0.4 is 21.9 Å². The maximum atomic E-state index is 13.6. The number of aliphatic hydroxyl groups excluding tert-OH is 1. The number of hydrazine groups is 1. The number of aliphatic hydroxyl groups is 1. The van der Waals surface area contributed by atoms with E-state index in [-0.39, 0.29) is 64.2 Å². The number of hydrogen-bond acceptors (Lipinski definition) is 18. The van der Waals surface area contributed by atoms with Crippen LogP contribution in [0.4, 0.5) is 5.13 Å². The third-order valence-electron chi connectivity index (χ3n) is 7.94. The maximum absolute atomic E-state index is 13.6. The summed E-state index contributed by atoms with van der Waals surface area (Å²) < 4.78 is 1.44. The van der Waals surface area contributed by atoms with Gasteiger partial charge in [0.15, 0.2) is 28.2 Å². The number of oxime groups is 1. The fourth-order valence-corrected chi connectivity index (χ4v) is 8.22. The Morgan fingerprint density at radius 3 is 2.54 bits per heavy atom. The molecule has 0 bridgehead atoms. The molecule has 2 aliphatic rings. The molecule has 0 spiro atoms. The van der Waals surface area contributed by atoms with Crippen molar-refractivity contribution in [2.45, 2.75) is 49.4 Å². The zero-order chi connectivity index (χ0) is 39.8. The number of hydrogen-bond donors (Lipinski definition) is 8. The standard InChI is InChI=1S/C31H31N11O10S3.ClH/c1-12-6-19(42-30(33-12)35-18(8-43)39-42)53-9-14-10-54-26-21(25(48)41(26)22(14)27(49)50)36-24(47)20(15-11-55-29(32)34-15)40-52-31(2,3)28(51)38-37-23(46)13-4-5-16(44)17(45)7-13;/h4-7,11,21,26,43-45H,8-10H2,1-3H3,(H2,32,34)(H,36,47)(H,37,46)(H,38,51)(H,49,50);1H/t21?,26-;/m0./s1. The van der Waals surface area contributed by atoms with Crippen molar-refractivity contribution in [1.29, 1.82) is 0 Å². The van der Waals surface area contributed by atoms with E-state index in [9.17, 15) is 44.4 Å². The Morgan fingerprint density at radius 1 is 1.12 bits per heavy atom. The Hall–Kier alpha value is -5.69. The number of nitrogens with one attached hydrogen (secondary N) is 3. The number of carbonyl (C=O) groups is 5. The third-order valence-corrected chi connectivity index (χ3v) is 11.0. The monoisotopic (exact) mass is 849 g/mol. The van der Waals surface area contributed by atoms with Gasteiger partial charge in [-0.2, -0.15) is 9.50 Å². The first-order chi connectivity index (χ1) is 26.1. The Bertz CT molecular complexity index is 2310. The number of carbonyl (C=O) groups excluding carboxylic acids is 4. The number of aryl methyl sites for hydroxylation is 1. The highest BCUT2D eigenvalue weighted by Gasteiger charge is 2.54. The van der Waals surface area contributed by atoms with Crippen molar-refractivity contribution in [3.63, 3.8) is 0 Å². The number of aliphatic carboxylic acids is 1. The predicted molar refractivity (Wildman–Crippen MR) is 203 cm³/mol. The number of aromatic hydroxyl groups is 2. The average Bonchev–Trinajstić information content (AvgIpc) is 3.77. The molecule has 1 unspecified atom stereocenters. The topological polar surface area (TPSA) is 309 Å². The number of nitrogen functional groups attached to an aromatic ring is 1. The van der Waals surface area contributed by atoms with Gasteiger partial charge in [0, 0.05) is 28.1 Å². The molecule has 21 nitrogen and oxygen atoms in total. The molecule has 4 aromatic rings. The number of amides is 4. The Labute approximate surface area is 334 Å². The van der Waals surface area contributed by atoms with Crippen molar-refractivity contribution in [3.8, 4) is 11.5 Å². The molecular formula is C31H32ClN11O10S3. The number of carboxylic acids is 1. The molecule has 0 aliphatic carbocycles. The smallest absolute Gasteiger partial charge is 0.352 e. The van der Waals surface area contributed by atoms with Gasteiger partial charge in [0.2, 0.25) is 5.60 Å². The van der Waals surface area contributed by atoms with E-state index in [0.29, 0.717) is 16.3 Å². The van der Waals surface area contributed by atoms with Crippen LogP contribution in [0.2, 0.25) is 0 Å². The average molecular weight is 850 g/mol. The number of nitrogens with two attached hydrogens (primary N) is 1. The molecule has 1 saturated heterocycles. The van der Waals surface area contributed by atoms with Gasteiger partial charge in [-0.1, -0.05) is 5.16 Å². The lowest BCUT2D eigenvalue weighted by molar-refractivity contribution is -0.150. The van der Waals surface area contributed by atoms with Gasteiger partial charge < -0.3 is 36.3 Å². The molecule has 296 valence electrons. The van der Waals surface area contributed by atoms with E-state index in [4.69, 9.17) is 10.6 Å². The molecule has 1 fully saturated rings. The van der Waals surface area contributed by atoms with Crippen LogP contribution in [0.1, 0.15) is 41.4 Å². The lowest BCUT2D eigenvalue weighted by Crippen LogP contribution is -2.71. The lowest BCUT2D eigenvalue weighted by Gasteiger charge is -2.49. The number of rotatable bonds is 12. The van der Waals surface area contributed by atoms with Gasteiger partial charge >= 0.3 is 5.97 Å². The number of anilines is 1. The van der Waals surface area contributed by atoms with Gasteiger partial charge in [-0.05, 0) is 50.6 Å². The van der Waals surface area contributed by atoms with Crippen molar-refractivity contribution in [2.75, 3.05) is 17.2 Å². The van der Waals surface area contributed by atoms with Gasteiger partial charge in [-0.25, -0.2) is 14.8 Å². The molecule has 25 heteroatoms. The first-order valence-corrected chi connectivity index (χ1v) is 18.8. The highest BCUT2D eigenvalue weighted by Crippen LogP contribution is 2.41. The second kappa shape index (κ2) is 16.6. The Morgan fingerprint density at radius 2 is 1.88 bits per heavy atom. The van der Waals surface area contributed by atoms with Gasteiger partial charge in [0.05, 0.1) is 0 Å². The van der Waals surface area contributed by atoms with Crippen LogP contribution in [0.5, 0.6) is 11.5 Å². The zero-order valence-corrected chi connectivity index (χ0v) is 32.5. The fraction of sp³-hybridized carbons (Fsp3) is 0.290. The van der Waals surface area contributed by atoms with E-state index < -0.39 is 63.8 Å². The van der Waals surface area contributed by atoms with E-state index in [0.717, 1.165) is 28.4 Å². The SMILES string of the molecule is Cc1cc(SCC2=C(C(=O)O)N3C(=O)C(NC(=O)C(=NOC(C)(C)C(=O)NNC(=O)c4ccc(O)c(O)c4)c4csc(N)n4)[C@@H]3SC2)n2nc(CO)nc2n1.Cl. The Balaban J connectivity index is 0.00000600. The van der Waals surface area contributed by atoms with Crippen LogP contribution in [0, 0.1) is 6.92 Å². The van der Waals surface area contributed by atoms with Gasteiger partial charge in [0.1, 0.15) is 34.4 Å². The van der Waals surface area contributed by atoms with E-state index in [2.05, 4.69) is 41.4 Å². The Kier molecular flexibility index (Phi) is 12.3. The minimum Gasteiger partial charge on any atom is -0.504 e. The molecule has 5 heterocycles. The number of benzene rings is 1. The molecule has 2 aliphatic heterocycles.